The molecule has 0 aromatic rings. The molecule has 0 radical (unpaired) electrons. The first-order valence-electron chi connectivity index (χ1n) is 6.33. The molecule has 0 aromatic heterocycles. The van der Waals surface area contributed by atoms with Gasteiger partial charge in [0.25, 0.3) is 0 Å². The van der Waals surface area contributed by atoms with Crippen LogP contribution in [0.1, 0.15) is 58.3 Å². The van der Waals surface area contributed by atoms with Gasteiger partial charge in [-0.3, -0.25) is 0 Å². The van der Waals surface area contributed by atoms with E-state index in [1.807, 2.05) is 6.92 Å². The van der Waals surface area contributed by atoms with E-state index in [1.54, 1.807) is 0 Å². The third kappa shape index (κ3) is 7.82. The molecule has 0 heterocycles. The van der Waals surface area contributed by atoms with Crippen molar-refractivity contribution in [3.05, 3.63) is 0 Å². The Bertz CT molecular complexity index is 192. The summed E-state index contributed by atoms with van der Waals surface area (Å²) >= 11 is 0. The molecule has 0 rings (SSSR count). The molecular weight excluding hydrogens is 258 g/mol. The van der Waals surface area contributed by atoms with Crippen molar-refractivity contribution in [2.45, 2.75) is 70.6 Å². The maximum absolute atomic E-state index is 12.2. The summed E-state index contributed by atoms with van der Waals surface area (Å²) in [5, 5.41) is 0. The number of unbranched alkanes of at least 4 members (excludes halogenated alkanes) is 6. The molecule has 0 bridgehead atoms. The van der Waals surface area contributed by atoms with Crippen LogP contribution in [0.15, 0.2) is 0 Å². The lowest BCUT2D eigenvalue weighted by Gasteiger charge is -2.22. The predicted molar refractivity (Wildman–Crippen MR) is 58.2 cm³/mol. The smallest absolute Gasteiger partial charge is 0.170 e. The molecule has 0 atom stereocenters. The van der Waals surface area contributed by atoms with Crippen molar-refractivity contribution in [2.24, 2.45) is 5.92 Å². The molecule has 0 aliphatic rings. The quantitative estimate of drug-likeness (QED) is 0.385. The minimum Gasteiger partial charge on any atom is -0.170 e. The molecule has 0 aliphatic carbocycles. The first-order valence-corrected chi connectivity index (χ1v) is 6.33. The van der Waals surface area contributed by atoms with Gasteiger partial charge in [0.05, 0.1) is 0 Å². The van der Waals surface area contributed by atoms with Crippen LogP contribution in [0.5, 0.6) is 0 Å². The molecule has 6 heteroatoms. The highest BCUT2D eigenvalue weighted by Crippen LogP contribution is 2.42. The molecule has 0 saturated carbocycles. The Labute approximate surface area is 104 Å². The molecule has 0 aliphatic heterocycles. The van der Waals surface area contributed by atoms with Gasteiger partial charge in [-0.15, -0.1) is 0 Å². The zero-order valence-electron chi connectivity index (χ0n) is 10.5. The van der Waals surface area contributed by atoms with Crippen LogP contribution >= 0.6 is 0 Å². The zero-order valence-corrected chi connectivity index (χ0v) is 10.5. The molecule has 0 fully saturated rings. The minimum absolute atomic E-state index is 0.0180. The molecule has 0 N–H and O–H groups in total. The van der Waals surface area contributed by atoms with E-state index < -0.39 is 24.7 Å². The molecular formula is C12H20F6. The average molecular weight is 278 g/mol. The van der Waals surface area contributed by atoms with Crippen LogP contribution in [0.4, 0.5) is 26.3 Å². The largest absolute Gasteiger partial charge is 0.400 e. The maximum Gasteiger partial charge on any atom is 0.400 e. The number of rotatable bonds is 8. The summed E-state index contributed by atoms with van der Waals surface area (Å²) in [5.41, 5.74) is 0. The fourth-order valence-electron chi connectivity index (χ4n) is 1.82. The Kier molecular flexibility index (Phi) is 7.71. The van der Waals surface area contributed by atoms with E-state index in [0.29, 0.717) is 12.8 Å². The van der Waals surface area contributed by atoms with Gasteiger partial charge in [0, 0.05) is 0 Å². The van der Waals surface area contributed by atoms with Crippen molar-refractivity contribution < 1.29 is 26.3 Å². The van der Waals surface area contributed by atoms with E-state index in [9.17, 15) is 26.3 Å². The summed E-state index contributed by atoms with van der Waals surface area (Å²) in [6.45, 7) is 2.04. The molecule has 0 saturated heterocycles. The van der Waals surface area contributed by atoms with E-state index in [1.165, 1.54) is 0 Å². The van der Waals surface area contributed by atoms with Crippen LogP contribution in [-0.4, -0.2) is 12.4 Å². The van der Waals surface area contributed by atoms with Crippen molar-refractivity contribution in [1.29, 1.82) is 0 Å². The van der Waals surface area contributed by atoms with E-state index in [2.05, 4.69) is 0 Å². The predicted octanol–water partition coefficient (Wildman–Crippen LogP) is 5.87. The molecule has 0 amide bonds. The van der Waals surface area contributed by atoms with Crippen molar-refractivity contribution >= 4 is 0 Å². The van der Waals surface area contributed by atoms with E-state index in [-0.39, 0.29) is 6.42 Å². The molecule has 0 nitrogen and oxygen atoms in total. The van der Waals surface area contributed by atoms with Gasteiger partial charge in [-0.25, -0.2) is 0 Å². The Morgan fingerprint density at radius 3 is 1.44 bits per heavy atom. The lowest BCUT2D eigenvalue weighted by atomic mass is 9.99. The summed E-state index contributed by atoms with van der Waals surface area (Å²) in [5.74, 6) is -3.17. The Hall–Kier alpha value is -0.420. The standard InChI is InChI=1S/C12H20F6/c1-2-3-4-5-6-7-8-9-10(11(13,14)15)12(16,17)18/h10H,2-9H2,1H3. The van der Waals surface area contributed by atoms with Crippen molar-refractivity contribution in [3.8, 4) is 0 Å². The van der Waals surface area contributed by atoms with Gasteiger partial charge >= 0.3 is 12.4 Å². The van der Waals surface area contributed by atoms with Crippen LogP contribution in [0.3, 0.4) is 0 Å². The van der Waals surface area contributed by atoms with E-state index in [0.717, 1.165) is 25.7 Å². The van der Waals surface area contributed by atoms with Crippen molar-refractivity contribution in [1.82, 2.24) is 0 Å². The fourth-order valence-corrected chi connectivity index (χ4v) is 1.82. The van der Waals surface area contributed by atoms with E-state index in [4.69, 9.17) is 0 Å². The number of alkyl halides is 6. The van der Waals surface area contributed by atoms with Gasteiger partial charge in [-0.05, 0) is 6.42 Å². The summed E-state index contributed by atoms with van der Waals surface area (Å²) < 4.78 is 73.0. The second kappa shape index (κ2) is 7.89. The van der Waals surface area contributed by atoms with Crippen molar-refractivity contribution in [3.63, 3.8) is 0 Å². The van der Waals surface area contributed by atoms with Gasteiger partial charge in [0.1, 0.15) is 0 Å². The monoisotopic (exact) mass is 278 g/mol. The average Bonchev–Trinajstić information content (AvgIpc) is 2.18. The highest BCUT2D eigenvalue weighted by molar-refractivity contribution is 4.75. The molecule has 0 unspecified atom stereocenters. The van der Waals surface area contributed by atoms with Crippen LogP contribution in [0.2, 0.25) is 0 Å². The van der Waals surface area contributed by atoms with Gasteiger partial charge in [0.2, 0.25) is 0 Å². The van der Waals surface area contributed by atoms with Crippen molar-refractivity contribution in [2.75, 3.05) is 0 Å². The molecule has 0 spiro atoms. The lowest BCUT2D eigenvalue weighted by Crippen LogP contribution is -2.36. The molecule has 110 valence electrons. The van der Waals surface area contributed by atoms with E-state index >= 15 is 0 Å². The zero-order chi connectivity index (χ0) is 14.2. The number of hydrogen-bond acceptors (Lipinski definition) is 0. The second-order valence-electron chi connectivity index (χ2n) is 4.55. The van der Waals surface area contributed by atoms with Crippen LogP contribution in [0.25, 0.3) is 0 Å². The Morgan fingerprint density at radius 1 is 0.667 bits per heavy atom. The van der Waals surface area contributed by atoms with Crippen LogP contribution < -0.4 is 0 Å². The molecule has 0 aromatic carbocycles. The number of halogens is 6. The lowest BCUT2D eigenvalue weighted by molar-refractivity contribution is -0.285. The first kappa shape index (κ1) is 17.6. The van der Waals surface area contributed by atoms with Crippen LogP contribution in [-0.2, 0) is 0 Å². The summed E-state index contributed by atoms with van der Waals surface area (Å²) in [6.07, 6.45) is -6.07. The van der Waals surface area contributed by atoms with Gasteiger partial charge in [0.15, 0.2) is 5.92 Å². The SMILES string of the molecule is CCCCCCCCCC(C(F)(F)F)C(F)(F)F. The Balaban J connectivity index is 3.86. The van der Waals surface area contributed by atoms with Gasteiger partial charge in [-0.1, -0.05) is 51.9 Å². The Morgan fingerprint density at radius 2 is 1.06 bits per heavy atom. The highest BCUT2D eigenvalue weighted by Gasteiger charge is 2.55. The summed E-state index contributed by atoms with van der Waals surface area (Å²) in [6, 6.07) is 0. The minimum atomic E-state index is -5.18. The third-order valence-electron chi connectivity index (χ3n) is 2.89. The maximum atomic E-state index is 12.2. The fraction of sp³-hybridized carbons (Fsp3) is 1.00. The second-order valence-corrected chi connectivity index (χ2v) is 4.55. The highest BCUT2D eigenvalue weighted by atomic mass is 19.4. The van der Waals surface area contributed by atoms with Gasteiger partial charge < -0.3 is 0 Å². The van der Waals surface area contributed by atoms with Gasteiger partial charge in [-0.2, -0.15) is 26.3 Å². The normalized spacial score (nSPS) is 13.3. The summed E-state index contributed by atoms with van der Waals surface area (Å²) in [4.78, 5) is 0. The number of hydrogen-bond donors (Lipinski definition) is 0. The molecule has 18 heavy (non-hydrogen) atoms. The topological polar surface area (TPSA) is 0 Å². The third-order valence-corrected chi connectivity index (χ3v) is 2.89. The summed E-state index contributed by atoms with van der Waals surface area (Å²) in [7, 11) is 0. The first-order chi connectivity index (χ1) is 8.19. The van der Waals surface area contributed by atoms with Crippen LogP contribution in [0, 0.1) is 5.92 Å².